The van der Waals surface area contributed by atoms with Crippen LogP contribution in [-0.4, -0.2) is 43.1 Å². The first-order chi connectivity index (χ1) is 8.74. The first kappa shape index (κ1) is 13.1. The van der Waals surface area contributed by atoms with E-state index in [1.165, 1.54) is 12.2 Å². The number of hydroxylamine groups is 2. The molecule has 0 spiro atoms. The van der Waals surface area contributed by atoms with Crippen molar-refractivity contribution < 1.29 is 9.63 Å². The number of carbonyl (C=O) groups is 1. The van der Waals surface area contributed by atoms with E-state index in [2.05, 4.69) is 4.90 Å². The number of likely N-dealkylation sites (N-methyl/N-ethyl adjacent to an activating group) is 1. The maximum absolute atomic E-state index is 12.4. The summed E-state index contributed by atoms with van der Waals surface area (Å²) in [6, 6.07) is 9.69. The molecule has 1 aliphatic rings. The molecule has 1 amide bonds. The third-order valence-corrected chi connectivity index (χ3v) is 3.44. The van der Waals surface area contributed by atoms with E-state index in [4.69, 9.17) is 4.84 Å². The Morgan fingerprint density at radius 2 is 1.89 bits per heavy atom. The van der Waals surface area contributed by atoms with Gasteiger partial charge >= 0.3 is 0 Å². The van der Waals surface area contributed by atoms with Gasteiger partial charge in [0.1, 0.15) is 6.04 Å². The molecule has 1 aromatic rings. The number of nitrogens with zero attached hydrogens (tertiary/aromatic N) is 2. The first-order valence-electron chi connectivity index (χ1n) is 6.34. The van der Waals surface area contributed by atoms with Crippen molar-refractivity contribution in [3.63, 3.8) is 0 Å². The van der Waals surface area contributed by atoms with E-state index in [0.717, 1.165) is 31.5 Å². The van der Waals surface area contributed by atoms with E-state index >= 15 is 0 Å². The summed E-state index contributed by atoms with van der Waals surface area (Å²) < 4.78 is 0. The predicted molar refractivity (Wildman–Crippen MR) is 69.8 cm³/mol. The Balaban J connectivity index is 2.25. The van der Waals surface area contributed by atoms with Crippen LogP contribution in [0.25, 0.3) is 0 Å². The van der Waals surface area contributed by atoms with Gasteiger partial charge in [-0.15, -0.1) is 0 Å². The molecule has 4 nitrogen and oxygen atoms in total. The normalized spacial score (nSPS) is 17.7. The lowest BCUT2D eigenvalue weighted by Crippen LogP contribution is -2.39. The molecule has 0 radical (unpaired) electrons. The van der Waals surface area contributed by atoms with E-state index in [-0.39, 0.29) is 11.9 Å². The van der Waals surface area contributed by atoms with Gasteiger partial charge in [-0.05, 0) is 31.5 Å². The van der Waals surface area contributed by atoms with Crippen molar-refractivity contribution in [2.45, 2.75) is 18.9 Å². The molecule has 1 fully saturated rings. The van der Waals surface area contributed by atoms with Gasteiger partial charge in [0.05, 0.1) is 7.11 Å². The fraction of sp³-hybridized carbons (Fsp3) is 0.500. The van der Waals surface area contributed by atoms with Crippen LogP contribution < -0.4 is 0 Å². The Hall–Kier alpha value is -1.39. The second-order valence-electron chi connectivity index (χ2n) is 4.57. The van der Waals surface area contributed by atoms with Crippen molar-refractivity contribution in [3.05, 3.63) is 35.9 Å². The van der Waals surface area contributed by atoms with Crippen molar-refractivity contribution in [2.24, 2.45) is 0 Å². The van der Waals surface area contributed by atoms with E-state index in [0.29, 0.717) is 0 Å². The highest BCUT2D eigenvalue weighted by Gasteiger charge is 2.31. The van der Waals surface area contributed by atoms with E-state index < -0.39 is 0 Å². The number of carbonyl (C=O) groups excluding carboxylic acids is 1. The zero-order chi connectivity index (χ0) is 13.0. The van der Waals surface area contributed by atoms with E-state index in [9.17, 15) is 4.79 Å². The zero-order valence-corrected chi connectivity index (χ0v) is 11.0. The molecule has 1 aromatic carbocycles. The summed E-state index contributed by atoms with van der Waals surface area (Å²) in [5.41, 5.74) is 1.04. The van der Waals surface area contributed by atoms with Crippen LogP contribution in [0.3, 0.4) is 0 Å². The van der Waals surface area contributed by atoms with Gasteiger partial charge in [0.25, 0.3) is 5.91 Å². The van der Waals surface area contributed by atoms with Crippen LogP contribution in [0, 0.1) is 0 Å². The average Bonchev–Trinajstić information content (AvgIpc) is 2.93. The van der Waals surface area contributed by atoms with Crippen LogP contribution in [0.5, 0.6) is 0 Å². The van der Waals surface area contributed by atoms with Gasteiger partial charge in [-0.3, -0.25) is 14.5 Å². The molecule has 18 heavy (non-hydrogen) atoms. The molecule has 1 saturated heterocycles. The van der Waals surface area contributed by atoms with Gasteiger partial charge < -0.3 is 0 Å². The van der Waals surface area contributed by atoms with Crippen LogP contribution >= 0.6 is 0 Å². The summed E-state index contributed by atoms with van der Waals surface area (Å²) in [5, 5.41) is 1.32. The summed E-state index contributed by atoms with van der Waals surface area (Å²) in [6.45, 7) is 1.95. The Kier molecular flexibility index (Phi) is 4.33. The van der Waals surface area contributed by atoms with E-state index in [1.807, 2.05) is 30.3 Å². The molecule has 0 N–H and O–H groups in total. The highest BCUT2D eigenvalue weighted by Crippen LogP contribution is 2.26. The highest BCUT2D eigenvalue weighted by atomic mass is 16.7. The van der Waals surface area contributed by atoms with Gasteiger partial charge in [-0.2, -0.15) is 0 Å². The lowest BCUT2D eigenvalue weighted by Gasteiger charge is -2.29. The third kappa shape index (κ3) is 2.71. The van der Waals surface area contributed by atoms with Crippen LogP contribution in [0.1, 0.15) is 24.4 Å². The van der Waals surface area contributed by atoms with Crippen LogP contribution in [0.4, 0.5) is 0 Å². The van der Waals surface area contributed by atoms with Crippen LogP contribution in [0.15, 0.2) is 30.3 Å². The maximum Gasteiger partial charge on any atom is 0.267 e. The third-order valence-electron chi connectivity index (χ3n) is 3.44. The molecule has 0 aliphatic carbocycles. The van der Waals surface area contributed by atoms with Gasteiger partial charge in [0.2, 0.25) is 0 Å². The van der Waals surface area contributed by atoms with Crippen molar-refractivity contribution >= 4 is 5.91 Å². The first-order valence-corrected chi connectivity index (χ1v) is 6.34. The van der Waals surface area contributed by atoms with Gasteiger partial charge in [-0.1, -0.05) is 30.3 Å². The molecule has 1 unspecified atom stereocenters. The minimum absolute atomic E-state index is 0.00870. The van der Waals surface area contributed by atoms with Crippen molar-refractivity contribution in [1.29, 1.82) is 0 Å². The average molecular weight is 248 g/mol. The lowest BCUT2D eigenvalue weighted by molar-refractivity contribution is -0.174. The van der Waals surface area contributed by atoms with Gasteiger partial charge in [0.15, 0.2) is 0 Å². The smallest absolute Gasteiger partial charge is 0.267 e. The molecule has 0 aromatic heterocycles. The number of rotatable bonds is 4. The molecule has 1 heterocycles. The number of benzene rings is 1. The Morgan fingerprint density at radius 3 is 2.44 bits per heavy atom. The van der Waals surface area contributed by atoms with E-state index in [1.54, 1.807) is 7.05 Å². The van der Waals surface area contributed by atoms with Gasteiger partial charge in [-0.25, -0.2) is 5.06 Å². The van der Waals surface area contributed by atoms with Crippen molar-refractivity contribution in [1.82, 2.24) is 9.96 Å². The Morgan fingerprint density at radius 1 is 1.28 bits per heavy atom. The monoisotopic (exact) mass is 248 g/mol. The molecule has 4 heteroatoms. The fourth-order valence-electron chi connectivity index (χ4n) is 2.41. The predicted octanol–water partition coefficient (Wildman–Crippen LogP) is 1.84. The van der Waals surface area contributed by atoms with Gasteiger partial charge in [0, 0.05) is 7.05 Å². The molecule has 1 aliphatic heterocycles. The lowest BCUT2D eigenvalue weighted by atomic mass is 10.0. The van der Waals surface area contributed by atoms with Crippen LogP contribution in [-0.2, 0) is 9.63 Å². The molecule has 0 saturated carbocycles. The Bertz CT molecular complexity index is 388. The zero-order valence-electron chi connectivity index (χ0n) is 11.0. The molecule has 98 valence electrons. The number of hydrogen-bond acceptors (Lipinski definition) is 3. The molecule has 1 atom stereocenters. The summed E-state index contributed by atoms with van der Waals surface area (Å²) in [6.07, 6.45) is 2.32. The minimum Gasteiger partial charge on any atom is -0.288 e. The summed E-state index contributed by atoms with van der Waals surface area (Å²) >= 11 is 0. The molecular formula is C14H20N2O2. The van der Waals surface area contributed by atoms with Crippen molar-refractivity contribution in [3.8, 4) is 0 Å². The highest BCUT2D eigenvalue weighted by molar-refractivity contribution is 5.82. The largest absolute Gasteiger partial charge is 0.288 e. The maximum atomic E-state index is 12.4. The summed E-state index contributed by atoms with van der Waals surface area (Å²) in [5.74, 6) is -0.00870. The number of amides is 1. The molecule has 0 bridgehead atoms. The second kappa shape index (κ2) is 5.98. The molecular weight excluding hydrogens is 228 g/mol. The van der Waals surface area contributed by atoms with Crippen molar-refractivity contribution in [2.75, 3.05) is 27.2 Å². The topological polar surface area (TPSA) is 32.8 Å². The number of likely N-dealkylation sites (tertiary alicyclic amines) is 1. The second-order valence-corrected chi connectivity index (χ2v) is 4.57. The minimum atomic E-state index is -0.223. The summed E-state index contributed by atoms with van der Waals surface area (Å²) in [7, 11) is 3.18. The molecule has 2 rings (SSSR count). The van der Waals surface area contributed by atoms with Crippen LogP contribution in [0.2, 0.25) is 0 Å². The SMILES string of the molecule is CON(C)C(=O)C(c1ccccc1)N1CCCC1. The standard InChI is InChI=1S/C14H20N2O2/c1-15(18-2)14(17)13(16-10-6-7-11-16)12-8-4-3-5-9-12/h3-5,8-9,13H,6-7,10-11H2,1-2H3. The number of hydrogen-bond donors (Lipinski definition) is 0. The fourth-order valence-corrected chi connectivity index (χ4v) is 2.41. The quantitative estimate of drug-likeness (QED) is 0.762. The Labute approximate surface area is 108 Å². The summed E-state index contributed by atoms with van der Waals surface area (Å²) in [4.78, 5) is 19.7.